The quantitative estimate of drug-likeness (QED) is 0.543. The molecule has 0 aliphatic carbocycles. The lowest BCUT2D eigenvalue weighted by Crippen LogP contribution is -2.56. The molecule has 5 rings (SSSR count). The van der Waals surface area contributed by atoms with Gasteiger partial charge in [0, 0.05) is 35.9 Å². The van der Waals surface area contributed by atoms with Crippen molar-refractivity contribution in [3.05, 3.63) is 82.3 Å². The van der Waals surface area contributed by atoms with E-state index in [2.05, 4.69) is 16.8 Å². The van der Waals surface area contributed by atoms with Gasteiger partial charge in [0.25, 0.3) is 11.8 Å². The smallest absolute Gasteiger partial charge is 0.298 e. The van der Waals surface area contributed by atoms with Crippen LogP contribution in [0.1, 0.15) is 39.8 Å². The number of benzene rings is 2. The summed E-state index contributed by atoms with van der Waals surface area (Å²) in [5, 5.41) is 2.83. The van der Waals surface area contributed by atoms with Crippen LogP contribution in [0.3, 0.4) is 0 Å². The average Bonchev–Trinajstić information content (AvgIpc) is 3.36. The largest absolute Gasteiger partial charge is 0.487 e. The van der Waals surface area contributed by atoms with E-state index in [1.54, 1.807) is 9.80 Å². The van der Waals surface area contributed by atoms with Crippen LogP contribution in [-0.4, -0.2) is 58.9 Å². The summed E-state index contributed by atoms with van der Waals surface area (Å²) >= 11 is 1.54. The van der Waals surface area contributed by atoms with Gasteiger partial charge in [0.1, 0.15) is 17.5 Å². The van der Waals surface area contributed by atoms with Gasteiger partial charge < -0.3 is 14.5 Å². The van der Waals surface area contributed by atoms with Crippen LogP contribution >= 0.6 is 11.3 Å². The summed E-state index contributed by atoms with van der Waals surface area (Å²) in [6, 6.07) is 19.2. The molecule has 2 amide bonds. The summed E-state index contributed by atoms with van der Waals surface area (Å²) in [7, 11) is 0. The van der Waals surface area contributed by atoms with Crippen molar-refractivity contribution in [1.29, 1.82) is 0 Å². The molecule has 0 saturated carbocycles. The number of rotatable bonds is 4. The second-order valence-electron chi connectivity index (χ2n) is 8.52. The average molecular weight is 472 g/mol. The van der Waals surface area contributed by atoms with E-state index in [1.807, 2.05) is 66.0 Å². The summed E-state index contributed by atoms with van der Waals surface area (Å²) in [4.78, 5) is 33.5. The molecule has 6 nitrogen and oxygen atoms in total. The Hall–Kier alpha value is -3.63. The Morgan fingerprint density at radius 2 is 1.62 bits per heavy atom. The van der Waals surface area contributed by atoms with Crippen LogP contribution < -0.4 is 4.74 Å². The molecule has 1 aromatic heterocycles. The molecule has 2 aromatic carbocycles. The maximum absolute atomic E-state index is 12.8. The zero-order valence-corrected chi connectivity index (χ0v) is 19.5. The van der Waals surface area contributed by atoms with Crippen molar-refractivity contribution in [3.8, 4) is 17.6 Å². The van der Waals surface area contributed by atoms with Crippen molar-refractivity contribution < 1.29 is 14.3 Å². The Morgan fingerprint density at radius 3 is 2.32 bits per heavy atom. The summed E-state index contributed by atoms with van der Waals surface area (Å²) in [5.41, 5.74) is 1.34. The van der Waals surface area contributed by atoms with E-state index in [4.69, 9.17) is 4.74 Å². The summed E-state index contributed by atoms with van der Waals surface area (Å²) < 4.78 is 5.89. The van der Waals surface area contributed by atoms with Gasteiger partial charge in [-0.2, -0.15) is 0 Å². The fraction of sp³-hybridized carbons (Fsp3) is 0.296. The first-order chi connectivity index (χ1) is 16.7. The molecule has 0 spiro atoms. The van der Waals surface area contributed by atoms with Crippen molar-refractivity contribution in [2.75, 3.05) is 26.2 Å². The number of thiazole rings is 1. The van der Waals surface area contributed by atoms with E-state index < -0.39 is 0 Å². The molecule has 0 atom stereocenters. The monoisotopic (exact) mass is 471 g/mol. The van der Waals surface area contributed by atoms with Crippen molar-refractivity contribution >= 4 is 23.2 Å². The zero-order valence-electron chi connectivity index (χ0n) is 18.7. The van der Waals surface area contributed by atoms with Gasteiger partial charge in [-0.15, -0.1) is 11.3 Å². The van der Waals surface area contributed by atoms with E-state index in [0.29, 0.717) is 31.9 Å². The van der Waals surface area contributed by atoms with E-state index in [0.717, 1.165) is 29.2 Å². The molecule has 2 aliphatic rings. The molecule has 0 bridgehead atoms. The Bertz CT molecular complexity index is 1200. The minimum absolute atomic E-state index is 0.0244. The Labute approximate surface area is 203 Å². The van der Waals surface area contributed by atoms with Crippen LogP contribution in [0.15, 0.2) is 66.0 Å². The number of piperidine rings is 1. The summed E-state index contributed by atoms with van der Waals surface area (Å²) in [6.07, 6.45) is 1.68. The summed E-state index contributed by atoms with van der Waals surface area (Å²) in [6.45, 7) is 2.46. The number of aromatic nitrogens is 1. The molecule has 2 fully saturated rings. The molecular formula is C27H25N3O3S. The third-order valence-electron chi connectivity index (χ3n) is 6.14. The number of carbonyl (C=O) groups excluding carboxylic acids is 2. The van der Waals surface area contributed by atoms with Crippen molar-refractivity contribution in [1.82, 2.24) is 14.8 Å². The third-order valence-corrected chi connectivity index (χ3v) is 7.15. The highest BCUT2D eigenvalue weighted by molar-refractivity contribution is 7.09. The first-order valence-corrected chi connectivity index (χ1v) is 12.4. The van der Waals surface area contributed by atoms with Crippen molar-refractivity contribution in [2.24, 2.45) is 0 Å². The van der Waals surface area contributed by atoms with E-state index >= 15 is 0 Å². The molecule has 3 aromatic rings. The van der Waals surface area contributed by atoms with Crippen LogP contribution in [0.2, 0.25) is 0 Å². The van der Waals surface area contributed by atoms with Gasteiger partial charge >= 0.3 is 0 Å². The molecule has 0 unspecified atom stereocenters. The number of para-hydroxylation sites is 1. The SMILES string of the molecule is O=C(C#Cc1ccccc1)N1CCC(c2nc(C(=O)N3CC(Oc4ccccc4)C3)cs2)CC1. The van der Waals surface area contributed by atoms with Gasteiger partial charge in [0.2, 0.25) is 0 Å². The fourth-order valence-electron chi connectivity index (χ4n) is 4.16. The van der Waals surface area contributed by atoms with Crippen molar-refractivity contribution in [3.63, 3.8) is 0 Å². The summed E-state index contributed by atoms with van der Waals surface area (Å²) in [5.74, 6) is 6.60. The van der Waals surface area contributed by atoms with Crippen LogP contribution in [0.5, 0.6) is 5.75 Å². The molecular weight excluding hydrogens is 446 g/mol. The van der Waals surface area contributed by atoms with Crippen molar-refractivity contribution in [2.45, 2.75) is 24.9 Å². The van der Waals surface area contributed by atoms with Crippen LogP contribution in [0.4, 0.5) is 0 Å². The number of ether oxygens (including phenoxy) is 1. The Balaban J connectivity index is 1.10. The van der Waals surface area contributed by atoms with Gasteiger partial charge in [-0.05, 0) is 37.1 Å². The molecule has 2 saturated heterocycles. The number of likely N-dealkylation sites (tertiary alicyclic amines) is 2. The highest BCUT2D eigenvalue weighted by atomic mass is 32.1. The van der Waals surface area contributed by atoms with Gasteiger partial charge in [0.15, 0.2) is 0 Å². The normalized spacial score (nSPS) is 16.4. The van der Waals surface area contributed by atoms with E-state index in [-0.39, 0.29) is 23.8 Å². The lowest BCUT2D eigenvalue weighted by atomic mass is 9.97. The standard InChI is InChI=1S/C27H25N3O3S/c31-25(12-11-20-7-3-1-4-8-20)29-15-13-21(14-16-29)26-28-24(19-34-26)27(32)30-17-23(18-30)33-22-9-5-2-6-10-22/h1-10,19,21,23H,13-18H2. The number of hydrogen-bond acceptors (Lipinski definition) is 5. The fourth-order valence-corrected chi connectivity index (χ4v) is 5.13. The van der Waals surface area contributed by atoms with Crippen LogP contribution in [0.25, 0.3) is 0 Å². The zero-order chi connectivity index (χ0) is 23.3. The molecule has 0 N–H and O–H groups in total. The second kappa shape index (κ2) is 10.1. The number of amides is 2. The van der Waals surface area contributed by atoms with E-state index in [1.165, 1.54) is 11.3 Å². The van der Waals surface area contributed by atoms with Gasteiger partial charge in [-0.3, -0.25) is 9.59 Å². The Kier molecular flexibility index (Phi) is 6.59. The van der Waals surface area contributed by atoms with Gasteiger partial charge in [0.05, 0.1) is 18.1 Å². The predicted octanol–water partition coefficient (Wildman–Crippen LogP) is 3.80. The van der Waals surface area contributed by atoms with Gasteiger partial charge in [-0.25, -0.2) is 4.98 Å². The lowest BCUT2D eigenvalue weighted by molar-refractivity contribution is -0.126. The molecule has 172 valence electrons. The molecule has 3 heterocycles. The molecule has 2 aliphatic heterocycles. The third kappa shape index (κ3) is 5.13. The number of carbonyl (C=O) groups is 2. The minimum atomic E-state index is -0.137. The first-order valence-electron chi connectivity index (χ1n) is 11.5. The number of hydrogen-bond donors (Lipinski definition) is 0. The number of nitrogens with zero attached hydrogens (tertiary/aromatic N) is 3. The Morgan fingerprint density at radius 1 is 0.941 bits per heavy atom. The maximum Gasteiger partial charge on any atom is 0.298 e. The highest BCUT2D eigenvalue weighted by Gasteiger charge is 2.34. The molecule has 7 heteroatoms. The first kappa shape index (κ1) is 22.2. The lowest BCUT2D eigenvalue weighted by Gasteiger charge is -2.38. The molecule has 0 radical (unpaired) electrons. The van der Waals surface area contributed by atoms with E-state index in [9.17, 15) is 9.59 Å². The second-order valence-corrected chi connectivity index (χ2v) is 9.41. The van der Waals surface area contributed by atoms with Crippen LogP contribution in [-0.2, 0) is 4.79 Å². The topological polar surface area (TPSA) is 62.7 Å². The minimum Gasteiger partial charge on any atom is -0.487 e. The highest BCUT2D eigenvalue weighted by Crippen LogP contribution is 2.31. The molecule has 34 heavy (non-hydrogen) atoms. The van der Waals surface area contributed by atoms with Crippen LogP contribution in [0, 0.1) is 11.8 Å². The maximum atomic E-state index is 12.8. The predicted molar refractivity (Wildman–Crippen MR) is 131 cm³/mol. The van der Waals surface area contributed by atoms with Gasteiger partial charge in [-0.1, -0.05) is 42.3 Å².